The summed E-state index contributed by atoms with van der Waals surface area (Å²) in [5.41, 5.74) is 6.98. The van der Waals surface area contributed by atoms with Crippen molar-refractivity contribution in [1.82, 2.24) is 0 Å². The Bertz CT molecular complexity index is 349. The molecule has 1 atom stereocenters. The highest BCUT2D eigenvalue weighted by molar-refractivity contribution is 9.10. The lowest BCUT2D eigenvalue weighted by Crippen LogP contribution is -2.25. The minimum atomic E-state index is -0.324. The predicted molar refractivity (Wildman–Crippen MR) is 63.6 cm³/mol. The van der Waals surface area contributed by atoms with Gasteiger partial charge in [-0.2, -0.15) is 0 Å². The number of halogens is 2. The quantitative estimate of drug-likeness (QED) is 0.893. The van der Waals surface area contributed by atoms with Crippen LogP contribution in [-0.2, 0) is 0 Å². The third-order valence-corrected chi connectivity index (χ3v) is 3.54. The van der Waals surface area contributed by atoms with Gasteiger partial charge in [-0.05, 0) is 37.0 Å². The van der Waals surface area contributed by atoms with E-state index in [0.717, 1.165) is 29.3 Å². The van der Waals surface area contributed by atoms with Crippen LogP contribution < -0.4 is 5.73 Å². The molecule has 1 saturated carbocycles. The SMILES string of the molecule is NC1(CC(CF)c2cccc(Br)c2)CC1. The molecule has 3 heteroatoms. The van der Waals surface area contributed by atoms with E-state index >= 15 is 0 Å². The maximum absolute atomic E-state index is 13.0. The molecule has 1 aromatic rings. The van der Waals surface area contributed by atoms with E-state index in [2.05, 4.69) is 15.9 Å². The molecule has 82 valence electrons. The molecule has 0 heterocycles. The van der Waals surface area contributed by atoms with E-state index in [0.29, 0.717) is 0 Å². The molecule has 0 aromatic heterocycles. The fourth-order valence-electron chi connectivity index (χ4n) is 1.88. The fraction of sp³-hybridized carbons (Fsp3) is 0.500. The van der Waals surface area contributed by atoms with Gasteiger partial charge in [0.25, 0.3) is 0 Å². The van der Waals surface area contributed by atoms with Gasteiger partial charge in [0.05, 0.1) is 6.67 Å². The van der Waals surface area contributed by atoms with Crippen LogP contribution in [0, 0.1) is 0 Å². The molecular weight excluding hydrogens is 257 g/mol. The molecule has 0 aliphatic heterocycles. The predicted octanol–water partition coefficient (Wildman–Crippen LogP) is 3.38. The van der Waals surface area contributed by atoms with Gasteiger partial charge in [0.2, 0.25) is 0 Å². The topological polar surface area (TPSA) is 26.0 Å². The molecule has 1 aliphatic rings. The van der Waals surface area contributed by atoms with Crippen molar-refractivity contribution < 1.29 is 4.39 Å². The number of hydrogen-bond donors (Lipinski definition) is 1. The van der Waals surface area contributed by atoms with Crippen molar-refractivity contribution in [3.63, 3.8) is 0 Å². The maximum Gasteiger partial charge on any atom is 0.0963 e. The van der Waals surface area contributed by atoms with Crippen molar-refractivity contribution in [3.8, 4) is 0 Å². The van der Waals surface area contributed by atoms with Crippen LogP contribution in [0.1, 0.15) is 30.7 Å². The average molecular weight is 272 g/mol. The molecule has 15 heavy (non-hydrogen) atoms. The van der Waals surface area contributed by atoms with Crippen molar-refractivity contribution in [3.05, 3.63) is 34.3 Å². The average Bonchev–Trinajstić information content (AvgIpc) is 2.93. The summed E-state index contributed by atoms with van der Waals surface area (Å²) in [5, 5.41) is 0. The van der Waals surface area contributed by atoms with E-state index < -0.39 is 0 Å². The third-order valence-electron chi connectivity index (χ3n) is 3.05. The molecule has 2 rings (SSSR count). The highest BCUT2D eigenvalue weighted by Crippen LogP contribution is 2.41. The Labute approximate surface area is 98.0 Å². The molecular formula is C12H15BrFN. The third kappa shape index (κ3) is 2.79. The van der Waals surface area contributed by atoms with E-state index in [1.54, 1.807) is 0 Å². The Hall–Kier alpha value is -0.410. The molecule has 2 N–H and O–H groups in total. The van der Waals surface area contributed by atoms with Crippen LogP contribution in [0.5, 0.6) is 0 Å². The summed E-state index contributed by atoms with van der Waals surface area (Å²) >= 11 is 3.40. The van der Waals surface area contributed by atoms with Crippen molar-refractivity contribution in [1.29, 1.82) is 0 Å². The van der Waals surface area contributed by atoms with Crippen LogP contribution in [-0.4, -0.2) is 12.2 Å². The number of alkyl halides is 1. The van der Waals surface area contributed by atoms with Gasteiger partial charge >= 0.3 is 0 Å². The molecule has 1 fully saturated rings. The van der Waals surface area contributed by atoms with Crippen LogP contribution in [0.3, 0.4) is 0 Å². The zero-order chi connectivity index (χ0) is 10.9. The lowest BCUT2D eigenvalue weighted by molar-refractivity contribution is 0.388. The molecule has 0 spiro atoms. The molecule has 0 saturated heterocycles. The summed E-state index contributed by atoms with van der Waals surface area (Å²) in [7, 11) is 0. The molecule has 1 aromatic carbocycles. The van der Waals surface area contributed by atoms with Gasteiger partial charge in [-0.1, -0.05) is 28.1 Å². The van der Waals surface area contributed by atoms with Crippen molar-refractivity contribution in [2.24, 2.45) is 5.73 Å². The van der Waals surface area contributed by atoms with Crippen LogP contribution in [0.15, 0.2) is 28.7 Å². The molecule has 1 nitrogen and oxygen atoms in total. The summed E-state index contributed by atoms with van der Waals surface area (Å²) < 4.78 is 14.0. The van der Waals surface area contributed by atoms with Crippen LogP contribution >= 0.6 is 15.9 Å². The van der Waals surface area contributed by atoms with E-state index in [4.69, 9.17) is 5.73 Å². The second kappa shape index (κ2) is 4.22. The number of benzene rings is 1. The van der Waals surface area contributed by atoms with Crippen LogP contribution in [0.25, 0.3) is 0 Å². The van der Waals surface area contributed by atoms with Crippen LogP contribution in [0.2, 0.25) is 0 Å². The van der Waals surface area contributed by atoms with E-state index in [1.165, 1.54) is 0 Å². The Morgan fingerprint density at radius 1 is 1.47 bits per heavy atom. The summed E-state index contributed by atoms with van der Waals surface area (Å²) in [5.74, 6) is -0.0463. The zero-order valence-corrected chi connectivity index (χ0v) is 10.1. The molecule has 1 aliphatic carbocycles. The first kappa shape index (κ1) is 11.1. The lowest BCUT2D eigenvalue weighted by Gasteiger charge is -2.18. The van der Waals surface area contributed by atoms with E-state index in [9.17, 15) is 4.39 Å². The van der Waals surface area contributed by atoms with Crippen molar-refractivity contribution in [2.45, 2.75) is 30.7 Å². The second-order valence-electron chi connectivity index (χ2n) is 4.47. The minimum absolute atomic E-state index is 0.0463. The molecule has 0 radical (unpaired) electrons. The summed E-state index contributed by atoms with van der Waals surface area (Å²) in [6.07, 6.45) is 2.84. The second-order valence-corrected chi connectivity index (χ2v) is 5.39. The van der Waals surface area contributed by atoms with Crippen LogP contribution in [0.4, 0.5) is 4.39 Å². The first-order valence-corrected chi connectivity index (χ1v) is 6.03. The van der Waals surface area contributed by atoms with Gasteiger partial charge in [-0.15, -0.1) is 0 Å². The Balaban J connectivity index is 2.11. The van der Waals surface area contributed by atoms with Crippen molar-refractivity contribution in [2.75, 3.05) is 6.67 Å². The van der Waals surface area contributed by atoms with E-state index in [-0.39, 0.29) is 18.1 Å². The lowest BCUT2D eigenvalue weighted by atomic mass is 9.92. The standard InChI is InChI=1S/C12H15BrFN/c13-11-3-1-2-9(6-11)10(8-14)7-12(15)4-5-12/h1-3,6,10H,4-5,7-8,15H2. The Morgan fingerprint density at radius 2 is 2.20 bits per heavy atom. The summed E-state index contributed by atoms with van der Waals surface area (Å²) in [6, 6.07) is 7.85. The number of nitrogens with two attached hydrogens (primary N) is 1. The first-order valence-electron chi connectivity index (χ1n) is 5.23. The van der Waals surface area contributed by atoms with Crippen molar-refractivity contribution >= 4 is 15.9 Å². The summed E-state index contributed by atoms with van der Waals surface area (Å²) in [4.78, 5) is 0. The fourth-order valence-corrected chi connectivity index (χ4v) is 2.29. The van der Waals surface area contributed by atoms with Gasteiger partial charge in [-0.25, -0.2) is 0 Å². The zero-order valence-electron chi connectivity index (χ0n) is 8.55. The smallest absolute Gasteiger partial charge is 0.0963 e. The normalized spacial score (nSPS) is 19.9. The minimum Gasteiger partial charge on any atom is -0.325 e. The van der Waals surface area contributed by atoms with Gasteiger partial charge in [0, 0.05) is 15.9 Å². The highest BCUT2D eigenvalue weighted by Gasteiger charge is 2.40. The van der Waals surface area contributed by atoms with Gasteiger partial charge in [0.1, 0.15) is 0 Å². The Morgan fingerprint density at radius 3 is 2.73 bits per heavy atom. The molecule has 1 unspecified atom stereocenters. The maximum atomic E-state index is 13.0. The number of rotatable bonds is 4. The van der Waals surface area contributed by atoms with Gasteiger partial charge in [0.15, 0.2) is 0 Å². The Kier molecular flexibility index (Phi) is 3.12. The largest absolute Gasteiger partial charge is 0.325 e. The highest BCUT2D eigenvalue weighted by atomic mass is 79.9. The van der Waals surface area contributed by atoms with Gasteiger partial charge in [-0.3, -0.25) is 4.39 Å². The first-order chi connectivity index (χ1) is 7.13. The van der Waals surface area contributed by atoms with E-state index in [1.807, 2.05) is 24.3 Å². The number of hydrogen-bond acceptors (Lipinski definition) is 1. The monoisotopic (exact) mass is 271 g/mol. The molecule has 0 bridgehead atoms. The molecule has 0 amide bonds. The van der Waals surface area contributed by atoms with Gasteiger partial charge < -0.3 is 5.73 Å². The summed E-state index contributed by atoms with van der Waals surface area (Å²) in [6.45, 7) is -0.324.